The van der Waals surface area contributed by atoms with Crippen LogP contribution in [0.25, 0.3) is 0 Å². The highest BCUT2D eigenvalue weighted by molar-refractivity contribution is 5.68. The number of aliphatic hydroxyl groups excluding tert-OH is 1. The van der Waals surface area contributed by atoms with Gasteiger partial charge in [-0.3, -0.25) is 0 Å². The summed E-state index contributed by atoms with van der Waals surface area (Å²) in [5.41, 5.74) is -0.839. The van der Waals surface area contributed by atoms with Crippen LogP contribution in [-0.4, -0.2) is 42.4 Å². The van der Waals surface area contributed by atoms with Gasteiger partial charge in [0.1, 0.15) is 0 Å². The fourth-order valence-electron chi connectivity index (χ4n) is 1.73. The van der Waals surface area contributed by atoms with Gasteiger partial charge in [-0.15, -0.1) is 0 Å². The summed E-state index contributed by atoms with van der Waals surface area (Å²) in [6.07, 6.45) is -6.81. The predicted octanol–water partition coefficient (Wildman–Crippen LogP) is 2.18. The lowest BCUT2D eigenvalue weighted by Crippen LogP contribution is -2.36. The van der Waals surface area contributed by atoms with Crippen LogP contribution >= 0.6 is 0 Å². The molecule has 9 heteroatoms. The minimum Gasteiger partial charge on any atom is -0.493 e. The van der Waals surface area contributed by atoms with Gasteiger partial charge in [-0.2, -0.15) is 8.78 Å². The molecular formula is C13H14F4O5. The van der Waals surface area contributed by atoms with Crippen LogP contribution in [0, 0.1) is 6.92 Å². The van der Waals surface area contributed by atoms with Crippen LogP contribution in [0.3, 0.4) is 0 Å². The average molecular weight is 326 g/mol. The number of halogens is 4. The molecule has 0 fully saturated rings. The van der Waals surface area contributed by atoms with Crippen molar-refractivity contribution in [2.24, 2.45) is 0 Å². The molecule has 0 bridgehead atoms. The molecule has 2 N–H and O–H groups in total. The highest BCUT2D eigenvalue weighted by Gasteiger charge is 2.46. The fourth-order valence-corrected chi connectivity index (χ4v) is 1.73. The first-order chi connectivity index (χ1) is 10.1. The van der Waals surface area contributed by atoms with Crippen LogP contribution in [0.15, 0.2) is 12.1 Å². The number of ether oxygens (including phenoxy) is 2. The molecule has 0 spiro atoms. The molecule has 0 heterocycles. The van der Waals surface area contributed by atoms with Crippen molar-refractivity contribution in [1.82, 2.24) is 0 Å². The van der Waals surface area contributed by atoms with E-state index in [9.17, 15) is 22.4 Å². The van der Waals surface area contributed by atoms with Gasteiger partial charge < -0.3 is 19.7 Å². The van der Waals surface area contributed by atoms with Gasteiger partial charge in [0.15, 0.2) is 24.2 Å². The molecule has 0 aliphatic carbocycles. The third kappa shape index (κ3) is 3.79. The predicted molar refractivity (Wildman–Crippen MR) is 66.8 cm³/mol. The van der Waals surface area contributed by atoms with E-state index in [2.05, 4.69) is 0 Å². The summed E-state index contributed by atoms with van der Waals surface area (Å²) in [5, 5.41) is 17.5. The van der Waals surface area contributed by atoms with Gasteiger partial charge in [0, 0.05) is 5.56 Å². The SMILES string of the molecule is COc1cc(C(F)(F)C(O)C(F)F)cc(C)c1OCC(=O)O. The van der Waals surface area contributed by atoms with Crippen molar-refractivity contribution in [2.75, 3.05) is 13.7 Å². The Bertz CT molecular complexity index is 547. The Hall–Kier alpha value is -2.03. The molecule has 1 rings (SSSR count). The van der Waals surface area contributed by atoms with Crippen molar-refractivity contribution in [3.8, 4) is 11.5 Å². The van der Waals surface area contributed by atoms with E-state index in [0.29, 0.717) is 0 Å². The van der Waals surface area contributed by atoms with Gasteiger partial charge in [-0.1, -0.05) is 0 Å². The molecule has 0 aliphatic rings. The monoisotopic (exact) mass is 326 g/mol. The van der Waals surface area contributed by atoms with Gasteiger partial charge in [0.05, 0.1) is 7.11 Å². The molecule has 124 valence electrons. The van der Waals surface area contributed by atoms with Crippen LogP contribution in [0.1, 0.15) is 11.1 Å². The van der Waals surface area contributed by atoms with Gasteiger partial charge >= 0.3 is 11.9 Å². The van der Waals surface area contributed by atoms with Crippen molar-refractivity contribution >= 4 is 5.97 Å². The summed E-state index contributed by atoms with van der Waals surface area (Å²) < 4.78 is 62.0. The summed E-state index contributed by atoms with van der Waals surface area (Å²) >= 11 is 0. The van der Waals surface area contributed by atoms with Gasteiger partial charge in [-0.05, 0) is 24.6 Å². The number of methoxy groups -OCH3 is 1. The second-order valence-corrected chi connectivity index (χ2v) is 4.41. The zero-order valence-corrected chi connectivity index (χ0v) is 11.6. The van der Waals surface area contributed by atoms with E-state index in [1.807, 2.05) is 0 Å². The Morgan fingerprint density at radius 1 is 1.36 bits per heavy atom. The number of hydrogen-bond acceptors (Lipinski definition) is 4. The number of carbonyl (C=O) groups is 1. The smallest absolute Gasteiger partial charge is 0.341 e. The van der Waals surface area contributed by atoms with Crippen LogP contribution < -0.4 is 9.47 Å². The van der Waals surface area contributed by atoms with E-state index in [1.165, 1.54) is 6.92 Å². The number of hydrogen-bond donors (Lipinski definition) is 2. The van der Waals surface area contributed by atoms with Crippen LogP contribution in [0.4, 0.5) is 17.6 Å². The van der Waals surface area contributed by atoms with Gasteiger partial charge in [0.2, 0.25) is 0 Å². The standard InChI is InChI=1S/C13H14F4O5/c1-6-3-7(13(16,17)11(20)12(14)15)4-8(21-2)10(6)22-5-9(18)19/h3-4,11-12,20H,5H2,1-2H3,(H,18,19). The number of alkyl halides is 4. The second-order valence-electron chi connectivity index (χ2n) is 4.41. The molecule has 0 aromatic heterocycles. The Morgan fingerprint density at radius 3 is 2.41 bits per heavy atom. The quantitative estimate of drug-likeness (QED) is 0.751. The molecule has 1 aromatic carbocycles. The van der Waals surface area contributed by atoms with Gasteiger partial charge in [0.25, 0.3) is 6.43 Å². The van der Waals surface area contributed by atoms with E-state index in [4.69, 9.17) is 19.7 Å². The molecular weight excluding hydrogens is 312 g/mol. The number of aliphatic carboxylic acids is 1. The molecule has 1 atom stereocenters. The molecule has 0 radical (unpaired) electrons. The molecule has 22 heavy (non-hydrogen) atoms. The molecule has 0 aliphatic heterocycles. The van der Waals surface area contributed by atoms with E-state index in [1.54, 1.807) is 0 Å². The second kappa shape index (κ2) is 6.82. The third-order valence-corrected chi connectivity index (χ3v) is 2.80. The number of aryl methyl sites for hydroxylation is 1. The zero-order valence-electron chi connectivity index (χ0n) is 11.6. The molecule has 1 aromatic rings. The molecule has 0 saturated heterocycles. The summed E-state index contributed by atoms with van der Waals surface area (Å²) in [5.74, 6) is -5.85. The highest BCUT2D eigenvalue weighted by Crippen LogP contribution is 2.41. The summed E-state index contributed by atoms with van der Waals surface area (Å²) in [6.45, 7) is 0.584. The van der Waals surface area contributed by atoms with Crippen LogP contribution in [0.5, 0.6) is 11.5 Å². The van der Waals surface area contributed by atoms with Crippen molar-refractivity contribution < 1.29 is 42.0 Å². The number of rotatable bonds is 7. The normalized spacial score (nSPS) is 13.1. The van der Waals surface area contributed by atoms with Crippen molar-refractivity contribution in [1.29, 1.82) is 0 Å². The molecule has 5 nitrogen and oxygen atoms in total. The summed E-state index contributed by atoms with van der Waals surface area (Å²) in [4.78, 5) is 10.5. The first-order valence-electron chi connectivity index (χ1n) is 5.99. The molecule has 0 amide bonds. The highest BCUT2D eigenvalue weighted by atomic mass is 19.3. The Labute approximate surface area is 123 Å². The lowest BCUT2D eigenvalue weighted by atomic mass is 10.00. The number of aliphatic hydroxyl groups is 1. The lowest BCUT2D eigenvalue weighted by molar-refractivity contribution is -0.168. The Kier molecular flexibility index (Phi) is 5.59. The Morgan fingerprint density at radius 2 is 1.95 bits per heavy atom. The maximum Gasteiger partial charge on any atom is 0.341 e. The average Bonchev–Trinajstić information content (AvgIpc) is 2.43. The lowest BCUT2D eigenvalue weighted by Gasteiger charge is -2.24. The Balaban J connectivity index is 3.25. The maximum absolute atomic E-state index is 13.8. The molecule has 1 unspecified atom stereocenters. The first-order valence-corrected chi connectivity index (χ1v) is 5.99. The topological polar surface area (TPSA) is 76.0 Å². The van der Waals surface area contributed by atoms with Gasteiger partial charge in [-0.25, -0.2) is 13.6 Å². The van der Waals surface area contributed by atoms with Crippen molar-refractivity contribution in [3.05, 3.63) is 23.3 Å². The zero-order chi connectivity index (χ0) is 17.1. The summed E-state index contributed by atoms with van der Waals surface area (Å²) in [6, 6.07) is 1.54. The number of carboxylic acids is 1. The maximum atomic E-state index is 13.8. The fraction of sp³-hybridized carbons (Fsp3) is 0.462. The minimum atomic E-state index is -4.21. The number of benzene rings is 1. The minimum absolute atomic E-state index is 0.0525. The van der Waals surface area contributed by atoms with Crippen molar-refractivity contribution in [2.45, 2.75) is 25.4 Å². The number of carboxylic acid groups (broad SMARTS) is 1. The van der Waals surface area contributed by atoms with Crippen molar-refractivity contribution in [3.63, 3.8) is 0 Å². The van der Waals surface area contributed by atoms with E-state index in [-0.39, 0.29) is 17.1 Å². The molecule has 0 saturated carbocycles. The third-order valence-electron chi connectivity index (χ3n) is 2.80. The van der Waals surface area contributed by atoms with E-state index >= 15 is 0 Å². The largest absolute Gasteiger partial charge is 0.493 e. The van der Waals surface area contributed by atoms with Crippen LogP contribution in [0.2, 0.25) is 0 Å². The van der Waals surface area contributed by atoms with E-state index < -0.39 is 36.6 Å². The first kappa shape index (κ1) is 18.0. The summed E-state index contributed by atoms with van der Waals surface area (Å²) in [7, 11) is 1.12. The van der Waals surface area contributed by atoms with E-state index in [0.717, 1.165) is 19.2 Å². The van der Waals surface area contributed by atoms with Crippen LogP contribution in [-0.2, 0) is 10.7 Å².